The first-order valence-corrected chi connectivity index (χ1v) is 8.91. The summed E-state index contributed by atoms with van der Waals surface area (Å²) in [7, 11) is 0. The third-order valence-electron chi connectivity index (χ3n) is 3.85. The lowest BCUT2D eigenvalue weighted by Gasteiger charge is -2.13. The molecule has 0 bridgehead atoms. The first kappa shape index (κ1) is 18.5. The largest absolute Gasteiger partial charge is 0.448 e. The van der Waals surface area contributed by atoms with Gasteiger partial charge in [0.1, 0.15) is 4.88 Å². The van der Waals surface area contributed by atoms with Crippen molar-refractivity contribution < 1.29 is 19.2 Å². The van der Waals surface area contributed by atoms with Gasteiger partial charge in [-0.15, -0.1) is 11.3 Å². The fourth-order valence-corrected chi connectivity index (χ4v) is 3.41. The lowest BCUT2D eigenvalue weighted by molar-refractivity contribution is -0.384. The van der Waals surface area contributed by atoms with E-state index in [0.29, 0.717) is 11.1 Å². The number of carbonyl (C=O) groups is 2. The zero-order valence-corrected chi connectivity index (χ0v) is 15.4. The van der Waals surface area contributed by atoms with Crippen LogP contribution in [0.15, 0.2) is 48.5 Å². The Morgan fingerprint density at radius 3 is 2.67 bits per heavy atom. The summed E-state index contributed by atoms with van der Waals surface area (Å²) in [4.78, 5) is 35.2. The number of ether oxygens (including phenoxy) is 1. The van der Waals surface area contributed by atoms with Gasteiger partial charge < -0.3 is 10.1 Å². The average Bonchev–Trinajstić information content (AvgIpc) is 3.05. The van der Waals surface area contributed by atoms with Crippen molar-refractivity contribution >= 4 is 44.7 Å². The van der Waals surface area contributed by atoms with Crippen LogP contribution in [0, 0.1) is 17.0 Å². The van der Waals surface area contributed by atoms with Gasteiger partial charge in [-0.25, -0.2) is 4.79 Å². The van der Waals surface area contributed by atoms with Gasteiger partial charge in [0.25, 0.3) is 11.6 Å². The molecule has 0 aliphatic rings. The van der Waals surface area contributed by atoms with Gasteiger partial charge in [0.05, 0.1) is 4.92 Å². The van der Waals surface area contributed by atoms with Crippen LogP contribution in [0.2, 0.25) is 0 Å². The van der Waals surface area contributed by atoms with Crippen molar-refractivity contribution in [3.8, 4) is 0 Å². The van der Waals surface area contributed by atoms with E-state index in [1.807, 2.05) is 25.1 Å². The minimum atomic E-state index is -0.988. The molecule has 0 aliphatic heterocycles. The number of hydrogen-bond donors (Lipinski definition) is 1. The number of fused-ring (bicyclic) bond motifs is 1. The number of rotatable bonds is 5. The quantitative estimate of drug-likeness (QED) is 0.402. The van der Waals surface area contributed by atoms with Crippen LogP contribution in [0.3, 0.4) is 0 Å². The van der Waals surface area contributed by atoms with Crippen LogP contribution in [0.1, 0.15) is 22.2 Å². The van der Waals surface area contributed by atoms with E-state index in [9.17, 15) is 19.7 Å². The fraction of sp³-hybridized carbons (Fsp3) is 0.158. The maximum atomic E-state index is 12.3. The highest BCUT2D eigenvalue weighted by atomic mass is 32.1. The van der Waals surface area contributed by atoms with Gasteiger partial charge in [-0.1, -0.05) is 12.1 Å². The van der Waals surface area contributed by atoms with Gasteiger partial charge in [0.15, 0.2) is 6.10 Å². The zero-order chi connectivity index (χ0) is 19.6. The Labute approximate surface area is 158 Å². The number of nitro benzene ring substituents is 1. The molecule has 0 saturated heterocycles. The van der Waals surface area contributed by atoms with Gasteiger partial charge in [-0.3, -0.25) is 14.9 Å². The molecule has 1 heterocycles. The lowest BCUT2D eigenvalue weighted by Crippen LogP contribution is -2.29. The van der Waals surface area contributed by atoms with E-state index in [0.717, 1.165) is 21.6 Å². The molecular formula is C19H16N2O5S. The third-order valence-corrected chi connectivity index (χ3v) is 4.95. The highest BCUT2D eigenvalue weighted by Gasteiger charge is 2.21. The highest BCUT2D eigenvalue weighted by molar-refractivity contribution is 7.20. The molecule has 0 spiro atoms. The van der Waals surface area contributed by atoms with E-state index in [4.69, 9.17) is 4.74 Å². The van der Waals surface area contributed by atoms with Crippen LogP contribution < -0.4 is 5.32 Å². The molecule has 8 heteroatoms. The van der Waals surface area contributed by atoms with Crippen molar-refractivity contribution in [2.24, 2.45) is 0 Å². The molecule has 1 N–H and O–H groups in total. The van der Waals surface area contributed by atoms with Crippen LogP contribution in [0.4, 0.5) is 11.4 Å². The van der Waals surface area contributed by atoms with Crippen molar-refractivity contribution in [1.82, 2.24) is 0 Å². The molecule has 1 aromatic heterocycles. The van der Waals surface area contributed by atoms with E-state index in [1.165, 1.54) is 25.1 Å². The van der Waals surface area contributed by atoms with Gasteiger partial charge >= 0.3 is 5.97 Å². The number of nitrogens with zero attached hydrogens (tertiary/aromatic N) is 1. The molecule has 3 aromatic rings. The molecular weight excluding hydrogens is 368 g/mol. The van der Waals surface area contributed by atoms with Crippen LogP contribution in [0.5, 0.6) is 0 Å². The van der Waals surface area contributed by atoms with E-state index in [-0.39, 0.29) is 10.6 Å². The second kappa shape index (κ2) is 7.55. The second-order valence-electron chi connectivity index (χ2n) is 6.00. The Balaban J connectivity index is 1.69. The molecule has 1 atom stereocenters. The number of nitro groups is 1. The summed E-state index contributed by atoms with van der Waals surface area (Å²) in [6, 6.07) is 13.2. The van der Waals surface area contributed by atoms with Crippen LogP contribution in [-0.2, 0) is 9.53 Å². The Bertz CT molecular complexity index is 1040. The van der Waals surface area contributed by atoms with Crippen molar-refractivity contribution in [3.05, 3.63) is 69.1 Å². The van der Waals surface area contributed by atoms with Crippen molar-refractivity contribution in [2.45, 2.75) is 20.0 Å². The minimum Gasteiger partial charge on any atom is -0.448 e. The van der Waals surface area contributed by atoms with E-state index >= 15 is 0 Å². The molecule has 7 nitrogen and oxygen atoms in total. The number of thiophene rings is 1. The smallest absolute Gasteiger partial charge is 0.349 e. The van der Waals surface area contributed by atoms with Gasteiger partial charge in [0, 0.05) is 27.9 Å². The Hall–Kier alpha value is -3.26. The molecule has 2 aromatic carbocycles. The van der Waals surface area contributed by atoms with Crippen LogP contribution in [0.25, 0.3) is 10.1 Å². The zero-order valence-electron chi connectivity index (χ0n) is 14.6. The van der Waals surface area contributed by atoms with E-state index in [2.05, 4.69) is 5.32 Å². The van der Waals surface area contributed by atoms with Crippen molar-refractivity contribution in [3.63, 3.8) is 0 Å². The molecule has 0 radical (unpaired) electrons. The maximum absolute atomic E-state index is 12.3. The summed E-state index contributed by atoms with van der Waals surface area (Å²) in [6.07, 6.45) is -0.988. The molecule has 0 unspecified atom stereocenters. The Morgan fingerprint density at radius 1 is 1.19 bits per heavy atom. The van der Waals surface area contributed by atoms with Gasteiger partial charge in [-0.05, 0) is 43.7 Å². The second-order valence-corrected chi connectivity index (χ2v) is 7.08. The maximum Gasteiger partial charge on any atom is 0.349 e. The lowest BCUT2D eigenvalue weighted by atomic mass is 10.2. The number of hydrogen-bond acceptors (Lipinski definition) is 6. The third kappa shape index (κ3) is 4.29. The average molecular weight is 384 g/mol. The summed E-state index contributed by atoms with van der Waals surface area (Å²) in [5.74, 6) is -1.09. The standard InChI is InChI=1S/C19H16N2O5S/c1-11-4-3-5-14(8-11)20-18(22)12(2)26-19(23)17-10-13-9-15(21(24)25)6-7-16(13)27-17/h3-10,12H,1-2H3,(H,20,22)/t12-/m0/s1. The monoisotopic (exact) mass is 384 g/mol. The number of esters is 1. The number of amides is 1. The molecule has 0 aliphatic carbocycles. The molecule has 0 fully saturated rings. The van der Waals surface area contributed by atoms with Crippen LogP contribution >= 0.6 is 11.3 Å². The highest BCUT2D eigenvalue weighted by Crippen LogP contribution is 2.29. The summed E-state index contributed by atoms with van der Waals surface area (Å²) in [6.45, 7) is 3.39. The fourth-order valence-electron chi connectivity index (χ4n) is 2.48. The molecule has 138 valence electrons. The number of benzene rings is 2. The molecule has 0 saturated carbocycles. The number of nitrogens with one attached hydrogen (secondary N) is 1. The molecule has 1 amide bonds. The summed E-state index contributed by atoms with van der Waals surface area (Å²) >= 11 is 1.16. The minimum absolute atomic E-state index is 0.0499. The Kier molecular flexibility index (Phi) is 5.18. The first-order valence-electron chi connectivity index (χ1n) is 8.10. The predicted octanol–water partition coefficient (Wildman–Crippen LogP) is 4.30. The topological polar surface area (TPSA) is 98.5 Å². The first-order chi connectivity index (χ1) is 12.8. The SMILES string of the molecule is Cc1cccc(NC(=O)[C@H](C)OC(=O)c2cc3cc([N+](=O)[O-])ccc3s2)c1. The van der Waals surface area contributed by atoms with E-state index in [1.54, 1.807) is 12.1 Å². The molecule has 27 heavy (non-hydrogen) atoms. The van der Waals surface area contributed by atoms with E-state index < -0.39 is 22.9 Å². The number of non-ortho nitro benzene ring substituents is 1. The number of anilines is 1. The number of carbonyl (C=O) groups excluding carboxylic acids is 2. The van der Waals surface area contributed by atoms with Crippen LogP contribution in [-0.4, -0.2) is 22.9 Å². The van der Waals surface area contributed by atoms with Gasteiger partial charge in [-0.2, -0.15) is 0 Å². The normalized spacial score (nSPS) is 11.8. The summed E-state index contributed by atoms with van der Waals surface area (Å²) in [5.41, 5.74) is 1.57. The van der Waals surface area contributed by atoms with Crippen molar-refractivity contribution in [1.29, 1.82) is 0 Å². The summed E-state index contributed by atoms with van der Waals surface area (Å²) < 4.78 is 5.96. The Morgan fingerprint density at radius 2 is 1.96 bits per heavy atom. The molecule has 3 rings (SSSR count). The van der Waals surface area contributed by atoms with Crippen molar-refractivity contribution in [2.75, 3.05) is 5.32 Å². The van der Waals surface area contributed by atoms with Gasteiger partial charge in [0.2, 0.25) is 0 Å². The predicted molar refractivity (Wildman–Crippen MR) is 103 cm³/mol. The number of aryl methyl sites for hydroxylation is 1. The summed E-state index contributed by atoms with van der Waals surface area (Å²) in [5, 5.41) is 14.1.